The van der Waals surface area contributed by atoms with E-state index in [0.29, 0.717) is 12.3 Å². The largest absolute Gasteiger partial charge is 0.481 e. The van der Waals surface area contributed by atoms with Crippen LogP contribution < -0.4 is 0 Å². The lowest BCUT2D eigenvalue weighted by molar-refractivity contribution is -0.137. The number of aliphatic carboxylic acids is 1. The van der Waals surface area contributed by atoms with E-state index in [-0.39, 0.29) is 12.2 Å². The van der Waals surface area contributed by atoms with E-state index in [4.69, 9.17) is 5.11 Å². The fraction of sp³-hybridized carbons (Fsp3) is 0.462. The number of carboxylic acids is 1. The van der Waals surface area contributed by atoms with Gasteiger partial charge in [-0.2, -0.15) is 0 Å². The summed E-state index contributed by atoms with van der Waals surface area (Å²) in [5.41, 5.74) is 1.11. The van der Waals surface area contributed by atoms with Gasteiger partial charge in [0.2, 0.25) is 0 Å². The normalized spacial score (nSPS) is 12.4. The van der Waals surface area contributed by atoms with Gasteiger partial charge in [-0.05, 0) is 36.5 Å². The van der Waals surface area contributed by atoms with Crippen LogP contribution >= 0.6 is 0 Å². The molecule has 0 bridgehead atoms. The Hall–Kier alpha value is -1.38. The van der Waals surface area contributed by atoms with Crippen molar-refractivity contribution >= 4 is 5.97 Å². The minimum Gasteiger partial charge on any atom is -0.481 e. The number of carboxylic acid groups (broad SMARTS) is 1. The monoisotopic (exact) mass is 224 g/mol. The molecule has 1 unspecified atom stereocenters. The van der Waals surface area contributed by atoms with Crippen molar-refractivity contribution in [2.24, 2.45) is 0 Å². The molecular formula is C13H17FO2. The highest BCUT2D eigenvalue weighted by Crippen LogP contribution is 2.21. The first-order valence-electron chi connectivity index (χ1n) is 5.57. The van der Waals surface area contributed by atoms with Crippen LogP contribution in [0.3, 0.4) is 0 Å². The van der Waals surface area contributed by atoms with Crippen LogP contribution in [0.25, 0.3) is 0 Å². The predicted octanol–water partition coefficient (Wildman–Crippen LogP) is 3.57. The molecule has 0 aliphatic carbocycles. The van der Waals surface area contributed by atoms with Gasteiger partial charge in [-0.15, -0.1) is 0 Å². The predicted molar refractivity (Wildman–Crippen MR) is 60.9 cm³/mol. The van der Waals surface area contributed by atoms with E-state index in [1.807, 2.05) is 0 Å². The first kappa shape index (κ1) is 12.7. The van der Waals surface area contributed by atoms with Crippen molar-refractivity contribution in [3.8, 4) is 0 Å². The number of hydrogen-bond acceptors (Lipinski definition) is 1. The summed E-state index contributed by atoms with van der Waals surface area (Å²) in [6.45, 7) is 2.08. The van der Waals surface area contributed by atoms with E-state index >= 15 is 0 Å². The van der Waals surface area contributed by atoms with Crippen molar-refractivity contribution < 1.29 is 14.3 Å². The Balaban J connectivity index is 2.32. The van der Waals surface area contributed by atoms with Gasteiger partial charge in [-0.3, -0.25) is 4.79 Å². The van der Waals surface area contributed by atoms with Gasteiger partial charge in [0, 0.05) is 6.42 Å². The molecule has 88 valence electrons. The Morgan fingerprint density at radius 2 is 1.94 bits per heavy atom. The maximum Gasteiger partial charge on any atom is 0.303 e. The molecule has 0 aliphatic heterocycles. The van der Waals surface area contributed by atoms with Gasteiger partial charge in [0.25, 0.3) is 0 Å². The third kappa shape index (κ3) is 4.43. The number of unbranched alkanes of at least 4 members (excludes halogenated alkanes) is 1. The third-order valence-corrected chi connectivity index (χ3v) is 2.72. The van der Waals surface area contributed by atoms with Gasteiger partial charge >= 0.3 is 5.97 Å². The Kier molecular flexibility index (Phi) is 4.96. The number of hydrogen-bond donors (Lipinski definition) is 1. The van der Waals surface area contributed by atoms with Crippen LogP contribution in [0, 0.1) is 5.82 Å². The molecule has 16 heavy (non-hydrogen) atoms. The molecule has 3 heteroatoms. The first-order valence-corrected chi connectivity index (χ1v) is 5.57. The van der Waals surface area contributed by atoms with Crippen LogP contribution in [-0.2, 0) is 4.79 Å². The van der Waals surface area contributed by atoms with E-state index in [1.165, 1.54) is 12.1 Å². The van der Waals surface area contributed by atoms with Gasteiger partial charge in [0.15, 0.2) is 0 Å². The van der Waals surface area contributed by atoms with Crippen LogP contribution in [-0.4, -0.2) is 11.1 Å². The molecule has 0 aliphatic rings. The van der Waals surface area contributed by atoms with Crippen LogP contribution in [0.4, 0.5) is 4.39 Å². The molecule has 0 amide bonds. The minimum absolute atomic E-state index is 0.221. The van der Waals surface area contributed by atoms with Gasteiger partial charge in [-0.25, -0.2) is 4.39 Å². The van der Waals surface area contributed by atoms with E-state index in [9.17, 15) is 9.18 Å². The fourth-order valence-electron chi connectivity index (χ4n) is 1.68. The summed E-state index contributed by atoms with van der Waals surface area (Å²) in [7, 11) is 0. The van der Waals surface area contributed by atoms with E-state index < -0.39 is 5.97 Å². The standard InChI is InChI=1S/C13H17FO2/c1-10(4-2-3-5-13(15)16)11-6-8-12(14)9-7-11/h6-10H,2-5H2,1H3,(H,15,16). The molecule has 1 rings (SSSR count). The van der Waals surface area contributed by atoms with Gasteiger partial charge in [0.05, 0.1) is 0 Å². The van der Waals surface area contributed by atoms with Gasteiger partial charge in [-0.1, -0.05) is 25.5 Å². The highest BCUT2D eigenvalue weighted by molar-refractivity contribution is 5.66. The maximum absolute atomic E-state index is 12.7. The summed E-state index contributed by atoms with van der Waals surface area (Å²) < 4.78 is 12.7. The number of carbonyl (C=O) groups is 1. The first-order chi connectivity index (χ1) is 7.59. The van der Waals surface area contributed by atoms with Crippen molar-refractivity contribution in [1.82, 2.24) is 0 Å². The Morgan fingerprint density at radius 3 is 2.50 bits per heavy atom. The molecule has 1 atom stereocenters. The highest BCUT2D eigenvalue weighted by atomic mass is 19.1. The number of halogens is 1. The lowest BCUT2D eigenvalue weighted by Crippen LogP contribution is -1.97. The van der Waals surface area contributed by atoms with Crippen molar-refractivity contribution in [1.29, 1.82) is 0 Å². The van der Waals surface area contributed by atoms with Gasteiger partial charge < -0.3 is 5.11 Å². The summed E-state index contributed by atoms with van der Waals surface area (Å²) in [5.74, 6) is -0.606. The van der Waals surface area contributed by atoms with Crippen molar-refractivity contribution in [3.63, 3.8) is 0 Å². The second-order valence-electron chi connectivity index (χ2n) is 4.09. The Labute approximate surface area is 95.1 Å². The van der Waals surface area contributed by atoms with Crippen LogP contribution in [0.15, 0.2) is 24.3 Å². The van der Waals surface area contributed by atoms with E-state index in [1.54, 1.807) is 12.1 Å². The fourth-order valence-corrected chi connectivity index (χ4v) is 1.68. The molecule has 0 aromatic heterocycles. The summed E-state index contributed by atoms with van der Waals surface area (Å²) in [6, 6.07) is 6.50. The molecule has 0 spiro atoms. The molecular weight excluding hydrogens is 207 g/mol. The summed E-state index contributed by atoms with van der Waals surface area (Å²) >= 11 is 0. The van der Waals surface area contributed by atoms with E-state index in [0.717, 1.165) is 18.4 Å². The topological polar surface area (TPSA) is 37.3 Å². The minimum atomic E-state index is -0.741. The number of rotatable bonds is 6. The molecule has 0 fully saturated rings. The maximum atomic E-state index is 12.7. The summed E-state index contributed by atoms with van der Waals surface area (Å²) in [4.78, 5) is 10.3. The zero-order valence-electron chi connectivity index (χ0n) is 9.45. The third-order valence-electron chi connectivity index (χ3n) is 2.72. The quantitative estimate of drug-likeness (QED) is 0.750. The zero-order chi connectivity index (χ0) is 12.0. The lowest BCUT2D eigenvalue weighted by Gasteiger charge is -2.11. The van der Waals surface area contributed by atoms with E-state index in [2.05, 4.69) is 6.92 Å². The van der Waals surface area contributed by atoms with Crippen molar-refractivity contribution in [2.45, 2.75) is 38.5 Å². The van der Waals surface area contributed by atoms with Crippen LogP contribution in [0.2, 0.25) is 0 Å². The molecule has 1 aromatic carbocycles. The summed E-state index contributed by atoms with van der Waals surface area (Å²) in [6.07, 6.45) is 2.78. The second-order valence-corrected chi connectivity index (χ2v) is 4.09. The number of benzene rings is 1. The Morgan fingerprint density at radius 1 is 1.31 bits per heavy atom. The van der Waals surface area contributed by atoms with Crippen LogP contribution in [0.5, 0.6) is 0 Å². The Bertz CT molecular complexity index is 332. The second kappa shape index (κ2) is 6.26. The lowest BCUT2D eigenvalue weighted by atomic mass is 9.95. The molecule has 0 saturated carbocycles. The van der Waals surface area contributed by atoms with Crippen molar-refractivity contribution in [3.05, 3.63) is 35.6 Å². The smallest absolute Gasteiger partial charge is 0.303 e. The molecule has 1 aromatic rings. The summed E-state index contributed by atoms with van der Waals surface area (Å²) in [5, 5.41) is 8.48. The SMILES string of the molecule is CC(CCCCC(=O)O)c1ccc(F)cc1. The average molecular weight is 224 g/mol. The zero-order valence-corrected chi connectivity index (χ0v) is 9.45. The highest BCUT2D eigenvalue weighted by Gasteiger charge is 2.06. The average Bonchev–Trinajstić information content (AvgIpc) is 2.25. The molecule has 0 heterocycles. The van der Waals surface area contributed by atoms with Gasteiger partial charge in [0.1, 0.15) is 5.82 Å². The van der Waals surface area contributed by atoms with Crippen molar-refractivity contribution in [2.75, 3.05) is 0 Å². The molecule has 0 radical (unpaired) electrons. The molecule has 0 saturated heterocycles. The molecule has 1 N–H and O–H groups in total. The van der Waals surface area contributed by atoms with Crippen LogP contribution in [0.1, 0.15) is 44.1 Å². The molecule has 2 nitrogen and oxygen atoms in total.